The van der Waals surface area contributed by atoms with Gasteiger partial charge in [0.05, 0.1) is 5.41 Å². The summed E-state index contributed by atoms with van der Waals surface area (Å²) in [5, 5.41) is 3.07. The number of hydrogen-bond donors (Lipinski definition) is 2. The molecule has 0 bridgehead atoms. The van der Waals surface area contributed by atoms with Crippen LogP contribution in [0.1, 0.15) is 24.0 Å². The zero-order chi connectivity index (χ0) is 18.4. The summed E-state index contributed by atoms with van der Waals surface area (Å²) in [5.41, 5.74) is 7.88. The van der Waals surface area contributed by atoms with Crippen LogP contribution in [-0.2, 0) is 14.9 Å². The largest absolute Gasteiger partial charge is 0.492 e. The van der Waals surface area contributed by atoms with Gasteiger partial charge in [0.1, 0.15) is 12.4 Å². The van der Waals surface area contributed by atoms with Crippen molar-refractivity contribution in [3.8, 4) is 5.75 Å². The van der Waals surface area contributed by atoms with E-state index >= 15 is 0 Å². The van der Waals surface area contributed by atoms with E-state index in [4.69, 9.17) is 15.2 Å². The van der Waals surface area contributed by atoms with Gasteiger partial charge in [-0.2, -0.15) is 0 Å². The molecule has 2 aromatic carbocycles. The first kappa shape index (κ1) is 18.4. The van der Waals surface area contributed by atoms with E-state index in [1.54, 1.807) is 0 Å². The van der Waals surface area contributed by atoms with Crippen molar-refractivity contribution in [3.05, 3.63) is 59.7 Å². The lowest BCUT2D eigenvalue weighted by Gasteiger charge is -2.36. The zero-order valence-electron chi connectivity index (χ0n) is 15.2. The molecule has 0 unspecified atom stereocenters. The summed E-state index contributed by atoms with van der Waals surface area (Å²) < 4.78 is 11.0. The Morgan fingerprint density at radius 2 is 1.77 bits per heavy atom. The van der Waals surface area contributed by atoms with Gasteiger partial charge in [0.2, 0.25) is 5.91 Å². The van der Waals surface area contributed by atoms with Crippen LogP contribution in [0, 0.1) is 6.92 Å². The van der Waals surface area contributed by atoms with Crippen LogP contribution in [0.5, 0.6) is 5.75 Å². The number of carbonyl (C=O) groups excluding carboxylic acids is 1. The highest BCUT2D eigenvalue weighted by atomic mass is 16.5. The van der Waals surface area contributed by atoms with Crippen LogP contribution in [-0.4, -0.2) is 32.3 Å². The molecule has 1 heterocycles. The van der Waals surface area contributed by atoms with Crippen LogP contribution >= 0.6 is 0 Å². The summed E-state index contributed by atoms with van der Waals surface area (Å²) >= 11 is 0. The molecular formula is C21H26N2O3. The van der Waals surface area contributed by atoms with Gasteiger partial charge in [0.15, 0.2) is 0 Å². The van der Waals surface area contributed by atoms with Crippen LogP contribution in [0.2, 0.25) is 0 Å². The maximum Gasteiger partial charge on any atom is 0.235 e. The molecule has 138 valence electrons. The second kappa shape index (κ2) is 8.34. The molecule has 2 aromatic rings. The first-order valence-corrected chi connectivity index (χ1v) is 9.03. The number of nitrogens with one attached hydrogen (secondary N) is 1. The number of aryl methyl sites for hydroxylation is 1. The van der Waals surface area contributed by atoms with Crippen molar-refractivity contribution in [2.45, 2.75) is 25.2 Å². The van der Waals surface area contributed by atoms with Crippen molar-refractivity contribution in [1.29, 1.82) is 0 Å². The molecule has 26 heavy (non-hydrogen) atoms. The summed E-state index contributed by atoms with van der Waals surface area (Å²) in [6, 6.07) is 15.6. The molecule has 0 atom stereocenters. The van der Waals surface area contributed by atoms with Crippen LogP contribution in [0.25, 0.3) is 0 Å². The molecule has 1 amide bonds. The lowest BCUT2D eigenvalue weighted by Crippen LogP contribution is -2.44. The Balaban J connectivity index is 1.78. The average Bonchev–Trinajstić information content (AvgIpc) is 2.68. The molecule has 1 saturated heterocycles. The van der Waals surface area contributed by atoms with Crippen molar-refractivity contribution in [3.63, 3.8) is 0 Å². The molecule has 5 nitrogen and oxygen atoms in total. The predicted molar refractivity (Wildman–Crippen MR) is 103 cm³/mol. The van der Waals surface area contributed by atoms with Crippen molar-refractivity contribution >= 4 is 11.6 Å². The first-order valence-electron chi connectivity index (χ1n) is 9.03. The third-order valence-electron chi connectivity index (χ3n) is 4.88. The van der Waals surface area contributed by atoms with E-state index in [1.165, 1.54) is 5.56 Å². The minimum atomic E-state index is -0.555. The molecule has 0 spiro atoms. The Bertz CT molecular complexity index is 720. The minimum Gasteiger partial charge on any atom is -0.492 e. The highest BCUT2D eigenvalue weighted by Gasteiger charge is 2.41. The lowest BCUT2D eigenvalue weighted by atomic mass is 9.73. The van der Waals surface area contributed by atoms with E-state index in [1.807, 2.05) is 24.3 Å². The molecule has 0 saturated carbocycles. The summed E-state index contributed by atoms with van der Waals surface area (Å²) in [7, 11) is 0. The number of amides is 1. The second-order valence-corrected chi connectivity index (χ2v) is 6.68. The van der Waals surface area contributed by atoms with E-state index in [-0.39, 0.29) is 5.91 Å². The number of rotatable bonds is 6. The van der Waals surface area contributed by atoms with Crippen LogP contribution in [0.3, 0.4) is 0 Å². The number of ether oxygens (including phenoxy) is 2. The van der Waals surface area contributed by atoms with Crippen LogP contribution < -0.4 is 15.8 Å². The zero-order valence-corrected chi connectivity index (χ0v) is 15.2. The number of benzene rings is 2. The highest BCUT2D eigenvalue weighted by Crippen LogP contribution is 2.36. The van der Waals surface area contributed by atoms with E-state index < -0.39 is 5.41 Å². The lowest BCUT2D eigenvalue weighted by molar-refractivity contribution is -0.125. The monoisotopic (exact) mass is 354 g/mol. The van der Waals surface area contributed by atoms with Crippen molar-refractivity contribution in [2.75, 3.05) is 31.7 Å². The molecule has 1 fully saturated rings. The van der Waals surface area contributed by atoms with Gasteiger partial charge in [-0.3, -0.25) is 4.79 Å². The summed E-state index contributed by atoms with van der Waals surface area (Å²) in [6.45, 7) is 4.18. The Morgan fingerprint density at radius 1 is 1.12 bits per heavy atom. The SMILES string of the molecule is Cc1ccc(C2(C(=O)Nc3ccc(OCCN)cc3)CCOCC2)cc1. The Morgan fingerprint density at radius 3 is 2.38 bits per heavy atom. The van der Waals surface area contributed by atoms with Crippen molar-refractivity contribution in [1.82, 2.24) is 0 Å². The summed E-state index contributed by atoms with van der Waals surface area (Å²) in [6.07, 6.45) is 1.36. The van der Waals surface area contributed by atoms with E-state index in [0.29, 0.717) is 39.2 Å². The predicted octanol–water partition coefficient (Wildman–Crippen LogP) is 3.02. The Kier molecular flexibility index (Phi) is 5.91. The fourth-order valence-electron chi connectivity index (χ4n) is 3.30. The quantitative estimate of drug-likeness (QED) is 0.836. The van der Waals surface area contributed by atoms with Gasteiger partial charge in [-0.15, -0.1) is 0 Å². The summed E-state index contributed by atoms with van der Waals surface area (Å²) in [4.78, 5) is 13.2. The number of hydrogen-bond acceptors (Lipinski definition) is 4. The molecule has 1 aliphatic heterocycles. The van der Waals surface area contributed by atoms with Gasteiger partial charge in [-0.25, -0.2) is 0 Å². The normalized spacial score (nSPS) is 16.1. The van der Waals surface area contributed by atoms with E-state index in [0.717, 1.165) is 17.0 Å². The molecule has 3 rings (SSSR count). The van der Waals surface area contributed by atoms with Gasteiger partial charge in [0.25, 0.3) is 0 Å². The smallest absolute Gasteiger partial charge is 0.235 e. The van der Waals surface area contributed by atoms with Gasteiger partial charge < -0.3 is 20.5 Å². The second-order valence-electron chi connectivity index (χ2n) is 6.68. The molecule has 0 aliphatic carbocycles. The van der Waals surface area contributed by atoms with Crippen molar-refractivity contribution < 1.29 is 14.3 Å². The fourth-order valence-corrected chi connectivity index (χ4v) is 3.30. The first-order chi connectivity index (χ1) is 12.6. The van der Waals surface area contributed by atoms with Gasteiger partial charge in [-0.1, -0.05) is 29.8 Å². The number of carbonyl (C=O) groups is 1. The number of anilines is 1. The third-order valence-corrected chi connectivity index (χ3v) is 4.88. The molecule has 0 radical (unpaired) electrons. The van der Waals surface area contributed by atoms with Gasteiger partial charge in [0, 0.05) is 25.4 Å². The molecule has 5 heteroatoms. The topological polar surface area (TPSA) is 73.6 Å². The van der Waals surface area contributed by atoms with E-state index in [9.17, 15) is 4.79 Å². The highest BCUT2D eigenvalue weighted by molar-refractivity contribution is 5.99. The Hall–Kier alpha value is -2.37. The maximum atomic E-state index is 13.2. The average molecular weight is 354 g/mol. The molecular weight excluding hydrogens is 328 g/mol. The standard InChI is InChI=1S/C21H26N2O3/c1-16-2-4-17(5-3-16)21(10-13-25-14-11-21)20(24)23-18-6-8-19(9-7-18)26-15-12-22/h2-9H,10-15,22H2,1H3,(H,23,24). The minimum absolute atomic E-state index is 0.0141. The summed E-state index contributed by atoms with van der Waals surface area (Å²) in [5.74, 6) is 0.757. The van der Waals surface area contributed by atoms with Gasteiger partial charge >= 0.3 is 0 Å². The van der Waals surface area contributed by atoms with E-state index in [2.05, 4.69) is 36.5 Å². The molecule has 3 N–H and O–H groups in total. The van der Waals surface area contributed by atoms with Crippen LogP contribution in [0.4, 0.5) is 5.69 Å². The fraction of sp³-hybridized carbons (Fsp3) is 0.381. The van der Waals surface area contributed by atoms with Gasteiger partial charge in [-0.05, 0) is 49.6 Å². The van der Waals surface area contributed by atoms with Crippen LogP contribution in [0.15, 0.2) is 48.5 Å². The maximum absolute atomic E-state index is 13.2. The molecule has 0 aromatic heterocycles. The number of nitrogens with two attached hydrogens (primary N) is 1. The molecule has 1 aliphatic rings. The third kappa shape index (κ3) is 4.06. The van der Waals surface area contributed by atoms with Crippen molar-refractivity contribution in [2.24, 2.45) is 5.73 Å². The Labute approximate surface area is 154 Å².